The number of rotatable bonds is 7. The van der Waals surface area contributed by atoms with Gasteiger partial charge in [0.2, 0.25) is 0 Å². The molecule has 7 fully saturated rings. The van der Waals surface area contributed by atoms with Crippen molar-refractivity contribution < 1.29 is 41.6 Å². The van der Waals surface area contributed by atoms with Crippen molar-refractivity contribution >= 4 is 33.7 Å². The van der Waals surface area contributed by atoms with Crippen LogP contribution in [0.4, 0.5) is 0 Å². The summed E-state index contributed by atoms with van der Waals surface area (Å²) in [6.07, 6.45) is 3.03. The van der Waals surface area contributed by atoms with E-state index in [1.54, 1.807) is 0 Å². The Labute approximate surface area is 197 Å². The number of ether oxygens (including phenoxy) is 3. The lowest BCUT2D eigenvalue weighted by Crippen LogP contribution is -2.56. The summed E-state index contributed by atoms with van der Waals surface area (Å²) in [5.74, 6) is -2.25. The van der Waals surface area contributed by atoms with Crippen LogP contribution in [0.15, 0.2) is 0 Å². The monoisotopic (exact) mass is 495 g/mol. The predicted octanol–water partition coefficient (Wildman–Crippen LogP) is 1.37. The van der Waals surface area contributed by atoms with Crippen LogP contribution in [0.2, 0.25) is 0 Å². The third kappa shape index (κ3) is 3.33. The molecule has 0 spiro atoms. The molecule has 11 heteroatoms. The van der Waals surface area contributed by atoms with Gasteiger partial charge in [0.05, 0.1) is 29.6 Å². The van der Waals surface area contributed by atoms with Crippen LogP contribution in [0, 0.1) is 52.2 Å². The maximum Gasteiger partial charge on any atom is 0.312 e. The van der Waals surface area contributed by atoms with Gasteiger partial charge < -0.3 is 14.2 Å². The summed E-state index contributed by atoms with van der Waals surface area (Å²) in [7, 11) is -4.12. The molecule has 7 rings (SSSR count). The lowest BCUT2D eigenvalue weighted by Gasteiger charge is -2.54. The molecule has 8 unspecified atom stereocenters. The van der Waals surface area contributed by atoms with Crippen molar-refractivity contribution in [1.29, 1.82) is 5.41 Å². The van der Waals surface area contributed by atoms with Crippen LogP contribution in [-0.4, -0.2) is 61.2 Å². The number of hydrogen-bond donors (Lipinski definition) is 2. The minimum atomic E-state index is -4.12. The smallest absolute Gasteiger partial charge is 0.312 e. The lowest BCUT2D eigenvalue weighted by atomic mass is 9.49. The molecule has 34 heavy (non-hydrogen) atoms. The van der Waals surface area contributed by atoms with Gasteiger partial charge in [-0.05, 0) is 50.9 Å². The molecule has 10 nitrogen and oxygen atoms in total. The fourth-order valence-corrected chi connectivity index (χ4v) is 8.75. The number of carbonyl (C=O) groups excluding carboxylic acids is 3. The van der Waals surface area contributed by atoms with Gasteiger partial charge in [0, 0.05) is 23.7 Å². The summed E-state index contributed by atoms with van der Waals surface area (Å²) in [5.41, 5.74) is -0.635. The number of fused-ring (bicyclic) bond motifs is 1. The summed E-state index contributed by atoms with van der Waals surface area (Å²) < 4.78 is 47.8. The lowest BCUT2D eigenvalue weighted by molar-refractivity contribution is -0.186. The Balaban J connectivity index is 1.16. The number of hydrogen-bond acceptors (Lipinski definition) is 9. The molecule has 6 bridgehead atoms. The van der Waals surface area contributed by atoms with E-state index in [9.17, 15) is 22.8 Å². The molecule has 1 aliphatic heterocycles. The first-order valence-corrected chi connectivity index (χ1v) is 13.8. The molecule has 0 amide bonds. The molecule has 0 aromatic rings. The average molecular weight is 496 g/mol. The van der Waals surface area contributed by atoms with E-state index in [2.05, 4.69) is 0 Å². The zero-order valence-corrected chi connectivity index (χ0v) is 19.5. The molecule has 8 atom stereocenters. The first kappa shape index (κ1) is 22.5. The fraction of sp³-hybridized carbons (Fsp3) is 0.826. The van der Waals surface area contributed by atoms with Crippen LogP contribution in [0.25, 0.3) is 0 Å². The molecular formula is C23H29NO9S. The summed E-state index contributed by atoms with van der Waals surface area (Å²) >= 11 is 0. The van der Waals surface area contributed by atoms with Crippen molar-refractivity contribution in [2.24, 2.45) is 46.8 Å². The van der Waals surface area contributed by atoms with Crippen LogP contribution in [0.5, 0.6) is 0 Å². The molecular weight excluding hydrogens is 466 g/mol. The zero-order valence-electron chi connectivity index (χ0n) is 18.7. The van der Waals surface area contributed by atoms with E-state index >= 15 is 0 Å². The Morgan fingerprint density at radius 3 is 2.50 bits per heavy atom. The highest BCUT2D eigenvalue weighted by Crippen LogP contribution is 2.62. The molecule has 1 saturated heterocycles. The topological polar surface area (TPSA) is 157 Å². The largest absolute Gasteiger partial charge is 0.481 e. The van der Waals surface area contributed by atoms with Crippen molar-refractivity contribution in [3.05, 3.63) is 0 Å². The maximum atomic E-state index is 13.5. The highest BCUT2D eigenvalue weighted by molar-refractivity contribution is 7.85. The quantitative estimate of drug-likeness (QED) is 0.175. The molecule has 6 saturated carbocycles. The summed E-state index contributed by atoms with van der Waals surface area (Å²) in [4.78, 5) is 38.6. The highest BCUT2D eigenvalue weighted by atomic mass is 32.2. The molecule has 0 aromatic heterocycles. The van der Waals surface area contributed by atoms with Crippen molar-refractivity contribution in [2.45, 2.75) is 57.2 Å². The second kappa shape index (κ2) is 7.49. The third-order valence-electron chi connectivity index (χ3n) is 9.32. The SMILES string of the molecule is N=C(OCCCS(=O)(=O)O)C1C2CC3C(OC(=O)C31)C2OC(=O)C12CC3CC(C1)C(=O)C(C3)C2. The summed E-state index contributed by atoms with van der Waals surface area (Å²) in [5, 5.41) is 8.43. The number of ketones is 1. The number of nitrogens with one attached hydrogen (secondary N) is 1. The van der Waals surface area contributed by atoms with Gasteiger partial charge in [-0.2, -0.15) is 8.42 Å². The molecule has 1 heterocycles. The van der Waals surface area contributed by atoms with Gasteiger partial charge in [0.15, 0.2) is 5.90 Å². The number of carbonyl (C=O) groups is 3. The first-order valence-electron chi connectivity index (χ1n) is 12.2. The van der Waals surface area contributed by atoms with E-state index in [1.165, 1.54) is 0 Å². The zero-order chi connectivity index (χ0) is 24.0. The van der Waals surface area contributed by atoms with Crippen LogP contribution in [-0.2, 0) is 38.7 Å². The second-order valence-corrected chi connectivity index (χ2v) is 12.8. The molecule has 0 radical (unpaired) electrons. The summed E-state index contributed by atoms with van der Waals surface area (Å²) in [6.45, 7) is -0.0799. The Hall–Kier alpha value is -2.01. The number of Topliss-reactive ketones (excluding diaryl/α,β-unsaturated/α-hetero) is 1. The Kier molecular flexibility index (Phi) is 4.95. The van der Waals surface area contributed by atoms with E-state index in [4.69, 9.17) is 24.2 Å². The molecule has 2 N–H and O–H groups in total. The minimum Gasteiger partial charge on any atom is -0.481 e. The van der Waals surface area contributed by atoms with E-state index in [0.717, 1.165) is 19.3 Å². The summed E-state index contributed by atoms with van der Waals surface area (Å²) in [6, 6.07) is 0. The fourth-order valence-electron chi connectivity index (χ4n) is 8.27. The number of esters is 2. The van der Waals surface area contributed by atoms with Gasteiger partial charge in [0.25, 0.3) is 10.1 Å². The Bertz CT molecular complexity index is 1050. The van der Waals surface area contributed by atoms with Crippen LogP contribution < -0.4 is 0 Å². The molecule has 6 aliphatic carbocycles. The van der Waals surface area contributed by atoms with E-state index in [0.29, 0.717) is 31.0 Å². The molecule has 0 aromatic carbocycles. The highest BCUT2D eigenvalue weighted by Gasteiger charge is 2.70. The molecule has 7 aliphatic rings. The van der Waals surface area contributed by atoms with Gasteiger partial charge >= 0.3 is 11.9 Å². The van der Waals surface area contributed by atoms with Crippen LogP contribution >= 0.6 is 0 Å². The maximum absolute atomic E-state index is 13.5. The molecule has 186 valence electrons. The Morgan fingerprint density at radius 1 is 1.12 bits per heavy atom. The van der Waals surface area contributed by atoms with Gasteiger partial charge in [0.1, 0.15) is 18.0 Å². The standard InChI is InChI=1S/C23H29NO9S/c24-20(31-2-1-3-34(28,29)30)15-13-6-14-16(15)21(26)32-18(14)19(13)33-22(27)23-7-10-4-11(8-23)17(25)12(5-10)9-23/h10-16,18-19,24H,1-9H2,(H,28,29,30). The van der Waals surface area contributed by atoms with Crippen LogP contribution in [0.1, 0.15) is 44.9 Å². The van der Waals surface area contributed by atoms with Crippen LogP contribution in [0.3, 0.4) is 0 Å². The minimum absolute atomic E-state index is 0.0168. The second-order valence-electron chi connectivity index (χ2n) is 11.3. The van der Waals surface area contributed by atoms with Gasteiger partial charge in [-0.25, -0.2) is 0 Å². The van der Waals surface area contributed by atoms with Crippen molar-refractivity contribution in [1.82, 2.24) is 0 Å². The third-order valence-corrected chi connectivity index (χ3v) is 10.1. The van der Waals surface area contributed by atoms with Crippen molar-refractivity contribution in [3.63, 3.8) is 0 Å². The average Bonchev–Trinajstić information content (AvgIpc) is 3.37. The van der Waals surface area contributed by atoms with Crippen molar-refractivity contribution in [2.75, 3.05) is 12.4 Å². The normalized spacial score (nSPS) is 45.5. The van der Waals surface area contributed by atoms with E-state index in [1.807, 2.05) is 0 Å². The van der Waals surface area contributed by atoms with Crippen molar-refractivity contribution in [3.8, 4) is 0 Å². The first-order chi connectivity index (χ1) is 16.1. The van der Waals surface area contributed by atoms with Gasteiger partial charge in [-0.3, -0.25) is 24.3 Å². The van der Waals surface area contributed by atoms with Gasteiger partial charge in [-0.1, -0.05) is 0 Å². The van der Waals surface area contributed by atoms with Gasteiger partial charge in [-0.15, -0.1) is 0 Å². The van der Waals surface area contributed by atoms with E-state index < -0.39 is 51.3 Å². The Morgan fingerprint density at radius 2 is 1.82 bits per heavy atom. The predicted molar refractivity (Wildman–Crippen MR) is 114 cm³/mol. The van der Waals surface area contributed by atoms with E-state index in [-0.39, 0.29) is 48.6 Å².